The van der Waals surface area contributed by atoms with Crippen molar-refractivity contribution in [1.82, 2.24) is 41.5 Å². The average Bonchev–Trinajstić information content (AvgIpc) is 0.780. The largest absolute Gasteiger partial charge is 0.480 e. The SMILES string of the molecule is CO[C@@H](Cc1ccccc1)[C@@H](C)/C=C(C)/C=C/C1NC(=O)C(CCCN=C(N)N)NC(=O)[C@@H](C)C(C(=O)O)NC(=O)[C@H](CCCN=C(N)N)NC(=O)[C@@H](C)NC(=O)C(CSC[C@H](NS(=O)(=O)c2cccc3c(N(C)C)cccc23)C(=O)O)N(C)C(=O)CC[C@H](C(=O)O)NC(=O)[C@H]1C. The number of nitrogens with zero attached hydrogens (tertiary/aromatic N) is 4. The van der Waals surface area contributed by atoms with Gasteiger partial charge in [0.25, 0.3) is 0 Å². The number of hydrogen-bond donors (Lipinski definition) is 14. The van der Waals surface area contributed by atoms with Crippen LogP contribution in [0.3, 0.4) is 0 Å². The van der Waals surface area contributed by atoms with Crippen molar-refractivity contribution < 1.29 is 76.4 Å². The van der Waals surface area contributed by atoms with Gasteiger partial charge in [-0.2, -0.15) is 16.5 Å². The molecule has 0 saturated carbocycles. The number of sulfonamides is 1. The lowest BCUT2D eigenvalue weighted by Gasteiger charge is -2.30. The highest BCUT2D eigenvalue weighted by molar-refractivity contribution is 7.99. The predicted octanol–water partition coefficient (Wildman–Crippen LogP) is -0.135. The summed E-state index contributed by atoms with van der Waals surface area (Å²) in [5.74, 6) is -16.7. The van der Waals surface area contributed by atoms with E-state index in [0.29, 0.717) is 28.5 Å². The van der Waals surface area contributed by atoms with Crippen LogP contribution in [0.5, 0.6) is 0 Å². The minimum absolute atomic E-state index is 0.00286. The van der Waals surface area contributed by atoms with Gasteiger partial charge in [-0.1, -0.05) is 99.2 Å². The third-order valence-corrected chi connectivity index (χ3v) is 18.8. The number of thioether (sulfide) groups is 1. The molecule has 532 valence electrons. The van der Waals surface area contributed by atoms with Crippen molar-refractivity contribution in [2.24, 2.45) is 50.7 Å². The summed E-state index contributed by atoms with van der Waals surface area (Å²) in [7, 11) is 1.71. The molecule has 3 aromatic carbocycles. The lowest BCUT2D eigenvalue weighted by Crippen LogP contribution is -2.59. The number of ether oxygens (including phenoxy) is 1. The first-order valence-electron chi connectivity index (χ1n) is 31.3. The van der Waals surface area contributed by atoms with Gasteiger partial charge >= 0.3 is 17.9 Å². The van der Waals surface area contributed by atoms with Crippen molar-refractivity contribution in [3.63, 3.8) is 0 Å². The monoisotopic (exact) mass is 1390 g/mol. The van der Waals surface area contributed by atoms with Gasteiger partial charge in [0.2, 0.25) is 51.4 Å². The molecule has 1 aliphatic rings. The summed E-state index contributed by atoms with van der Waals surface area (Å²) in [6.07, 6.45) is 3.64. The highest BCUT2D eigenvalue weighted by atomic mass is 32.2. The fourth-order valence-corrected chi connectivity index (χ4v) is 13.1. The molecule has 0 aromatic heterocycles. The van der Waals surface area contributed by atoms with E-state index in [9.17, 15) is 71.7 Å². The van der Waals surface area contributed by atoms with Gasteiger partial charge in [-0.05, 0) is 70.1 Å². The minimum Gasteiger partial charge on any atom is -0.480 e. The predicted molar refractivity (Wildman–Crippen MR) is 367 cm³/mol. The van der Waals surface area contributed by atoms with Gasteiger partial charge in [-0.15, -0.1) is 0 Å². The normalized spacial score (nSPS) is 22.8. The number of nitrogens with two attached hydrogens (primary N) is 4. The number of aliphatic carboxylic acids is 3. The van der Waals surface area contributed by atoms with Gasteiger partial charge in [-0.25, -0.2) is 18.0 Å². The highest BCUT2D eigenvalue weighted by Crippen LogP contribution is 2.31. The van der Waals surface area contributed by atoms with Gasteiger partial charge in [-0.3, -0.25) is 48.3 Å². The topological polar surface area (TPSA) is 494 Å². The number of allylic oxidation sites excluding steroid dienone is 2. The molecule has 1 saturated heterocycles. The Morgan fingerprint density at radius 1 is 0.742 bits per heavy atom. The zero-order valence-corrected chi connectivity index (χ0v) is 57.5. The molecule has 0 radical (unpaired) electrons. The van der Waals surface area contributed by atoms with Crippen molar-refractivity contribution in [2.45, 2.75) is 139 Å². The van der Waals surface area contributed by atoms with Crippen molar-refractivity contribution in [2.75, 3.05) is 57.7 Å². The van der Waals surface area contributed by atoms with E-state index in [1.54, 1.807) is 63.4 Å². The van der Waals surface area contributed by atoms with Crippen molar-refractivity contribution >= 4 is 109 Å². The van der Waals surface area contributed by atoms with Crippen LogP contribution in [0.1, 0.15) is 78.7 Å². The Morgan fingerprint density at radius 2 is 1.32 bits per heavy atom. The number of hydrogen-bond acceptors (Lipinski definition) is 17. The summed E-state index contributed by atoms with van der Waals surface area (Å²) in [4.78, 5) is 150. The van der Waals surface area contributed by atoms with Crippen LogP contribution in [0.4, 0.5) is 5.69 Å². The number of methoxy groups -OCH3 is 1. The highest BCUT2D eigenvalue weighted by Gasteiger charge is 2.39. The molecule has 7 amide bonds. The third kappa shape index (κ3) is 25.0. The molecule has 1 heterocycles. The molecule has 18 N–H and O–H groups in total. The standard InChI is InChI=1S/C64H93N15O16S2/c1-35(31-36(2)50(95-9)32-40-17-11-10-12-18-40)25-26-43-37(3)54(81)75-46(60(87)88)27-28-52(80)79(8)49(34-96-33-47(61(89)90)77-97(93,94)51-24-14-19-41-42(51)20-13-23-48(41)78(6)7)59(86)71-39(5)56(83)74-45(22-16-30-70-64(67)68)58(85)76-53(62(91)92)38(4)55(82)73-44(57(84)72-43)21-15-29-69-63(65)66/h10-14,17-20,23-26,31,36-39,43-47,49-50,53,77H,15-16,21-22,27-30,32-34H2,1-9H3,(H,71,86)(H,72,84)(H,73,82)(H,74,83)(H,75,81)(H,76,85)(H,87,88)(H,89,90)(H,91,92)(H4,65,66,69)(H4,67,68,70)/b26-25+,35-31+/t36-,37-,38-,39+,43?,44?,45-,46+,47-,49?,50-,53?/m0/s1. The number of aliphatic imine (C=N–C) groups is 2. The zero-order chi connectivity index (χ0) is 72.4. The van der Waals surface area contributed by atoms with Gasteiger partial charge in [0, 0.05) is 81.6 Å². The summed E-state index contributed by atoms with van der Waals surface area (Å²) < 4.78 is 36.1. The number of guanidine groups is 2. The lowest BCUT2D eigenvalue weighted by molar-refractivity contribution is -0.146. The number of carbonyl (C=O) groups is 10. The van der Waals surface area contributed by atoms with Gasteiger partial charge < -0.3 is 84.7 Å². The second-order valence-corrected chi connectivity index (χ2v) is 26.6. The molecule has 97 heavy (non-hydrogen) atoms. The molecular formula is C64H93N15O16S2. The summed E-state index contributed by atoms with van der Waals surface area (Å²) in [6, 6.07) is 5.86. The number of fused-ring (bicyclic) bond motifs is 1. The molecule has 4 unspecified atom stereocenters. The van der Waals surface area contributed by atoms with Crippen LogP contribution in [0, 0.1) is 17.8 Å². The molecule has 0 bridgehead atoms. The number of carboxylic acids is 3. The van der Waals surface area contributed by atoms with E-state index in [4.69, 9.17) is 27.7 Å². The Balaban J connectivity index is 1.82. The molecule has 12 atom stereocenters. The molecule has 0 spiro atoms. The number of carbonyl (C=O) groups excluding carboxylic acids is 7. The van der Waals surface area contributed by atoms with Crippen LogP contribution in [-0.4, -0.2) is 207 Å². The maximum absolute atomic E-state index is 14.7. The molecule has 33 heteroatoms. The van der Waals surface area contributed by atoms with E-state index in [1.807, 2.05) is 43.3 Å². The first kappa shape index (κ1) is 80.1. The van der Waals surface area contributed by atoms with E-state index >= 15 is 0 Å². The van der Waals surface area contributed by atoms with E-state index < -0.39 is 154 Å². The van der Waals surface area contributed by atoms with Crippen molar-refractivity contribution in [3.05, 3.63) is 96.1 Å². The van der Waals surface area contributed by atoms with E-state index in [0.717, 1.165) is 29.1 Å². The number of likely N-dealkylation sites (N-methyl/N-ethyl adjacent to an activating group) is 1. The zero-order valence-electron chi connectivity index (χ0n) is 55.9. The van der Waals surface area contributed by atoms with Gasteiger partial charge in [0.05, 0.1) is 28.9 Å². The number of amides is 7. The van der Waals surface area contributed by atoms with E-state index in [-0.39, 0.29) is 67.6 Å². The number of anilines is 1. The maximum atomic E-state index is 14.7. The average molecular weight is 1390 g/mol. The summed E-state index contributed by atoms with van der Waals surface area (Å²) >= 11 is 0.724. The minimum atomic E-state index is -4.58. The second-order valence-electron chi connectivity index (χ2n) is 23.8. The van der Waals surface area contributed by atoms with Crippen LogP contribution in [-0.2, 0) is 69.1 Å². The van der Waals surface area contributed by atoms with E-state index in [1.165, 1.54) is 39.1 Å². The Kier molecular flexibility index (Phi) is 31.7. The molecule has 1 fully saturated rings. The summed E-state index contributed by atoms with van der Waals surface area (Å²) in [6.45, 7) is 7.31. The molecular weight excluding hydrogens is 1300 g/mol. The van der Waals surface area contributed by atoms with Crippen LogP contribution in [0.25, 0.3) is 10.8 Å². The molecule has 0 aliphatic carbocycles. The third-order valence-electron chi connectivity index (χ3n) is 16.1. The van der Waals surface area contributed by atoms with Crippen molar-refractivity contribution in [3.8, 4) is 0 Å². The Hall–Kier alpha value is -9.34. The summed E-state index contributed by atoms with van der Waals surface area (Å²) in [5, 5.41) is 47.4. The molecule has 3 aromatic rings. The van der Waals surface area contributed by atoms with Gasteiger partial charge in [0.1, 0.15) is 42.3 Å². The first-order valence-corrected chi connectivity index (χ1v) is 33.9. The molecule has 1 aliphatic heterocycles. The van der Waals surface area contributed by atoms with Crippen LogP contribution >= 0.6 is 11.8 Å². The number of benzene rings is 3. The van der Waals surface area contributed by atoms with Crippen LogP contribution in [0.2, 0.25) is 0 Å². The van der Waals surface area contributed by atoms with Crippen LogP contribution in [0.15, 0.2) is 105 Å². The molecule has 31 nitrogen and oxygen atoms in total. The van der Waals surface area contributed by atoms with Gasteiger partial charge in [0.15, 0.2) is 11.9 Å². The number of carboxylic acid groups (broad SMARTS) is 3. The summed E-state index contributed by atoms with van der Waals surface area (Å²) in [5.41, 5.74) is 24.5. The lowest BCUT2D eigenvalue weighted by atomic mass is 9.94. The smallest absolute Gasteiger partial charge is 0.327 e. The maximum Gasteiger partial charge on any atom is 0.327 e. The van der Waals surface area contributed by atoms with Crippen LogP contribution < -0.4 is 64.5 Å². The Labute approximate surface area is 568 Å². The second kappa shape index (κ2) is 38.4. The van der Waals surface area contributed by atoms with E-state index in [2.05, 4.69) is 46.6 Å². The Morgan fingerprint density at radius 3 is 1.89 bits per heavy atom. The first-order chi connectivity index (χ1) is 45.7. The fraction of sp³-hybridized carbons (Fsp3) is 0.500. The fourth-order valence-electron chi connectivity index (χ4n) is 10.4. The number of rotatable bonds is 26. The van der Waals surface area contributed by atoms with Crippen molar-refractivity contribution in [1.29, 1.82) is 0 Å². The quantitative estimate of drug-likeness (QED) is 0.0215. The number of nitrogens with one attached hydrogen (secondary N) is 7. The molecule has 4 rings (SSSR count). The Bertz CT molecular complexity index is 3510.